The van der Waals surface area contributed by atoms with E-state index in [1.54, 1.807) is 0 Å². The topological polar surface area (TPSA) is 8.17 Å². The first-order chi connectivity index (χ1) is 29.8. The molecule has 2 heteroatoms. The summed E-state index contributed by atoms with van der Waals surface area (Å²) in [7, 11) is 0. The van der Waals surface area contributed by atoms with Crippen molar-refractivity contribution < 1.29 is 0 Å². The number of hydrogen-bond acceptors (Lipinski definition) is 1. The number of hydrogen-bond donors (Lipinski definition) is 0. The van der Waals surface area contributed by atoms with Gasteiger partial charge in [-0.1, -0.05) is 188 Å². The van der Waals surface area contributed by atoms with Gasteiger partial charge in [-0.3, -0.25) is 0 Å². The number of benzene rings is 10. The van der Waals surface area contributed by atoms with Crippen molar-refractivity contribution >= 4 is 49.6 Å². The molecule has 11 aromatic rings. The standard InChI is InChI=1S/C58H40N2/c1-4-18-41(19-5-1)50-27-12-13-29-53(50)58-51(43-20-6-2-7-21-43)31-17-33-57(58)59(46-36-34-44(35-37-46)49-30-16-23-42-22-10-11-26-48(42)49)47-38-39-56-54(40-47)52-28-14-15-32-55(52)60(56)45-24-8-3-9-25-45/h1-40H. The van der Waals surface area contributed by atoms with Gasteiger partial charge in [0.2, 0.25) is 0 Å². The summed E-state index contributed by atoms with van der Waals surface area (Å²) in [5.74, 6) is 0. The first kappa shape index (κ1) is 35.2. The van der Waals surface area contributed by atoms with Crippen molar-refractivity contribution in [2.45, 2.75) is 0 Å². The van der Waals surface area contributed by atoms with Crippen molar-refractivity contribution in [3.63, 3.8) is 0 Å². The largest absolute Gasteiger partial charge is 0.310 e. The molecule has 0 aliphatic rings. The molecule has 1 aromatic heterocycles. The second kappa shape index (κ2) is 15.1. The summed E-state index contributed by atoms with van der Waals surface area (Å²) in [4.78, 5) is 2.46. The zero-order chi connectivity index (χ0) is 39.8. The van der Waals surface area contributed by atoms with Crippen LogP contribution < -0.4 is 4.90 Å². The van der Waals surface area contributed by atoms with E-state index in [0.29, 0.717) is 0 Å². The Morgan fingerprint density at radius 3 is 1.58 bits per heavy atom. The van der Waals surface area contributed by atoms with E-state index < -0.39 is 0 Å². The maximum atomic E-state index is 2.46. The quantitative estimate of drug-likeness (QED) is 0.150. The maximum absolute atomic E-state index is 2.46. The van der Waals surface area contributed by atoms with E-state index in [0.717, 1.165) is 22.7 Å². The molecule has 60 heavy (non-hydrogen) atoms. The van der Waals surface area contributed by atoms with Gasteiger partial charge < -0.3 is 9.47 Å². The molecule has 2 nitrogen and oxygen atoms in total. The van der Waals surface area contributed by atoms with Gasteiger partial charge in [0, 0.05) is 33.4 Å². The molecule has 0 fully saturated rings. The van der Waals surface area contributed by atoms with Crippen LogP contribution in [0.4, 0.5) is 17.1 Å². The van der Waals surface area contributed by atoms with Crippen LogP contribution in [0, 0.1) is 0 Å². The van der Waals surface area contributed by atoms with Crippen molar-refractivity contribution in [2.75, 3.05) is 4.90 Å². The number of rotatable bonds is 8. The van der Waals surface area contributed by atoms with Crippen LogP contribution in [-0.4, -0.2) is 4.57 Å². The second-order valence-corrected chi connectivity index (χ2v) is 15.3. The molecule has 0 radical (unpaired) electrons. The normalized spacial score (nSPS) is 11.3. The smallest absolute Gasteiger partial charge is 0.0546 e. The summed E-state index contributed by atoms with van der Waals surface area (Å²) < 4.78 is 2.38. The van der Waals surface area contributed by atoms with Crippen molar-refractivity contribution in [2.24, 2.45) is 0 Å². The fourth-order valence-electron chi connectivity index (χ4n) is 9.09. The van der Waals surface area contributed by atoms with E-state index in [4.69, 9.17) is 0 Å². The van der Waals surface area contributed by atoms with Gasteiger partial charge in [-0.2, -0.15) is 0 Å². The molecule has 282 valence electrons. The molecule has 0 bridgehead atoms. The molecule has 0 N–H and O–H groups in total. The summed E-state index contributed by atoms with van der Waals surface area (Å²) >= 11 is 0. The van der Waals surface area contributed by atoms with Gasteiger partial charge >= 0.3 is 0 Å². The molecule has 0 atom stereocenters. The monoisotopic (exact) mass is 764 g/mol. The Bertz CT molecular complexity index is 3290. The van der Waals surface area contributed by atoms with Crippen LogP contribution >= 0.6 is 0 Å². The number of aromatic nitrogens is 1. The van der Waals surface area contributed by atoms with Crippen LogP contribution in [0.5, 0.6) is 0 Å². The fourth-order valence-corrected chi connectivity index (χ4v) is 9.09. The molecule has 0 saturated heterocycles. The average molecular weight is 765 g/mol. The van der Waals surface area contributed by atoms with Gasteiger partial charge in [-0.05, 0) is 104 Å². The number of fused-ring (bicyclic) bond motifs is 4. The SMILES string of the molecule is c1ccc(-c2ccccc2-c2c(-c3ccccc3)cccc2N(c2ccc(-c3cccc4ccccc34)cc2)c2ccc3c(c2)c2ccccc2n3-c2ccccc2)cc1. The van der Waals surface area contributed by atoms with Gasteiger partial charge in [-0.25, -0.2) is 0 Å². The predicted octanol–water partition coefficient (Wildman–Crippen LogP) is 16.1. The Balaban J connectivity index is 1.19. The second-order valence-electron chi connectivity index (χ2n) is 15.3. The molecule has 10 aromatic carbocycles. The molecule has 0 aliphatic carbocycles. The summed E-state index contributed by atoms with van der Waals surface area (Å²) in [6.07, 6.45) is 0. The lowest BCUT2D eigenvalue weighted by Crippen LogP contribution is -2.12. The van der Waals surface area contributed by atoms with Gasteiger partial charge in [0.25, 0.3) is 0 Å². The molecule has 11 rings (SSSR count). The molecular weight excluding hydrogens is 725 g/mol. The van der Waals surface area contributed by atoms with Crippen LogP contribution in [0.3, 0.4) is 0 Å². The van der Waals surface area contributed by atoms with E-state index in [9.17, 15) is 0 Å². The maximum Gasteiger partial charge on any atom is 0.0546 e. The Morgan fingerprint density at radius 2 is 0.817 bits per heavy atom. The minimum atomic E-state index is 1.08. The summed E-state index contributed by atoms with van der Waals surface area (Å²) in [5.41, 5.74) is 16.2. The van der Waals surface area contributed by atoms with Crippen LogP contribution in [0.2, 0.25) is 0 Å². The highest BCUT2D eigenvalue weighted by atomic mass is 15.1. The van der Waals surface area contributed by atoms with Crippen LogP contribution in [0.15, 0.2) is 243 Å². The minimum Gasteiger partial charge on any atom is -0.310 e. The lowest BCUT2D eigenvalue weighted by atomic mass is 9.87. The molecule has 0 amide bonds. The van der Waals surface area contributed by atoms with Gasteiger partial charge in [0.15, 0.2) is 0 Å². The van der Waals surface area contributed by atoms with E-state index >= 15 is 0 Å². The Hall–Kier alpha value is -7.94. The molecular formula is C58H40N2. The van der Waals surface area contributed by atoms with Crippen molar-refractivity contribution in [3.8, 4) is 50.2 Å². The summed E-state index contributed by atoms with van der Waals surface area (Å²) in [6.45, 7) is 0. The number of anilines is 3. The summed E-state index contributed by atoms with van der Waals surface area (Å²) in [5, 5.41) is 4.91. The van der Waals surface area contributed by atoms with Gasteiger partial charge in [0.05, 0.1) is 16.7 Å². The summed E-state index contributed by atoms with van der Waals surface area (Å²) in [6, 6.07) is 88.0. The highest BCUT2D eigenvalue weighted by Gasteiger charge is 2.24. The molecule has 0 unspecified atom stereocenters. The molecule has 0 spiro atoms. The third kappa shape index (κ3) is 6.14. The predicted molar refractivity (Wildman–Crippen MR) is 255 cm³/mol. The Kier molecular flexibility index (Phi) is 8.87. The number of nitrogens with zero attached hydrogens (tertiary/aromatic N) is 2. The molecule has 0 saturated carbocycles. The van der Waals surface area contributed by atoms with E-state index in [-0.39, 0.29) is 0 Å². The van der Waals surface area contributed by atoms with Crippen molar-refractivity contribution in [1.29, 1.82) is 0 Å². The highest BCUT2D eigenvalue weighted by Crippen LogP contribution is 2.49. The van der Waals surface area contributed by atoms with E-state index in [2.05, 4.69) is 252 Å². The Labute approximate surface area is 350 Å². The van der Waals surface area contributed by atoms with Crippen molar-refractivity contribution in [1.82, 2.24) is 4.57 Å². The molecule has 0 aliphatic heterocycles. The average Bonchev–Trinajstić information content (AvgIpc) is 3.66. The first-order valence-corrected chi connectivity index (χ1v) is 20.6. The first-order valence-electron chi connectivity index (χ1n) is 20.6. The van der Waals surface area contributed by atoms with Crippen LogP contribution in [0.1, 0.15) is 0 Å². The van der Waals surface area contributed by atoms with Gasteiger partial charge in [-0.15, -0.1) is 0 Å². The minimum absolute atomic E-state index is 1.08. The lowest BCUT2D eigenvalue weighted by Gasteiger charge is -2.30. The third-order valence-electron chi connectivity index (χ3n) is 11.8. The van der Waals surface area contributed by atoms with Crippen molar-refractivity contribution in [3.05, 3.63) is 243 Å². The number of para-hydroxylation sites is 2. The molecule has 1 heterocycles. The van der Waals surface area contributed by atoms with Crippen LogP contribution in [0.25, 0.3) is 82.8 Å². The van der Waals surface area contributed by atoms with Crippen LogP contribution in [-0.2, 0) is 0 Å². The zero-order valence-electron chi connectivity index (χ0n) is 33.0. The van der Waals surface area contributed by atoms with E-state index in [1.165, 1.54) is 77.1 Å². The lowest BCUT2D eigenvalue weighted by molar-refractivity contribution is 1.18. The zero-order valence-corrected chi connectivity index (χ0v) is 33.0. The fraction of sp³-hybridized carbons (Fsp3) is 0. The third-order valence-corrected chi connectivity index (χ3v) is 11.8. The van der Waals surface area contributed by atoms with Gasteiger partial charge in [0.1, 0.15) is 0 Å². The van der Waals surface area contributed by atoms with E-state index in [1.807, 2.05) is 0 Å². The Morgan fingerprint density at radius 1 is 0.300 bits per heavy atom. The highest BCUT2D eigenvalue weighted by molar-refractivity contribution is 6.11.